The number of amides is 4. The number of carbonyl (C=O) groups excluding carboxylic acids is 3. The third kappa shape index (κ3) is 3.06. The topological polar surface area (TPSA) is 116 Å². The van der Waals surface area contributed by atoms with Crippen LogP contribution in [0.25, 0.3) is 0 Å². The molecular weight excluding hydrogens is 266 g/mol. The van der Waals surface area contributed by atoms with Crippen LogP contribution in [-0.2, 0) is 14.4 Å². The van der Waals surface area contributed by atoms with Crippen LogP contribution in [0.15, 0.2) is 0 Å². The highest BCUT2D eigenvalue weighted by atomic mass is 16.4. The minimum absolute atomic E-state index is 0.235. The van der Waals surface area contributed by atoms with Gasteiger partial charge in [-0.3, -0.25) is 19.7 Å². The van der Waals surface area contributed by atoms with E-state index in [0.717, 1.165) is 4.90 Å². The van der Waals surface area contributed by atoms with Crippen molar-refractivity contribution in [3.8, 4) is 0 Å². The number of aliphatic carboxylic acids is 1. The van der Waals surface area contributed by atoms with E-state index in [-0.39, 0.29) is 13.1 Å². The molecule has 1 heterocycles. The fourth-order valence-corrected chi connectivity index (χ4v) is 1.55. The van der Waals surface area contributed by atoms with Crippen LogP contribution in [0.3, 0.4) is 0 Å². The lowest BCUT2D eigenvalue weighted by Crippen LogP contribution is -2.62. The quantitative estimate of drug-likeness (QED) is 0.607. The van der Waals surface area contributed by atoms with Crippen molar-refractivity contribution in [1.29, 1.82) is 0 Å². The van der Waals surface area contributed by atoms with Crippen molar-refractivity contribution in [3.63, 3.8) is 0 Å². The molecule has 8 nitrogen and oxygen atoms in total. The van der Waals surface area contributed by atoms with Crippen molar-refractivity contribution in [3.05, 3.63) is 0 Å². The summed E-state index contributed by atoms with van der Waals surface area (Å²) in [6, 6.07) is -0.646. The van der Waals surface area contributed by atoms with Gasteiger partial charge in [-0.25, -0.2) is 4.79 Å². The Morgan fingerprint density at radius 3 is 2.00 bits per heavy atom. The number of imide groups is 1. The molecule has 8 heteroatoms. The maximum atomic E-state index is 12.1. The molecule has 0 spiro atoms. The number of nitrogens with zero attached hydrogens (tertiary/aromatic N) is 1. The number of urea groups is 1. The second kappa shape index (κ2) is 5.10. The normalized spacial score (nSPS) is 16.7. The van der Waals surface area contributed by atoms with Gasteiger partial charge < -0.3 is 15.3 Å². The molecule has 0 unspecified atom stereocenters. The smallest absolute Gasteiger partial charge is 0.318 e. The summed E-state index contributed by atoms with van der Waals surface area (Å²) >= 11 is 0. The summed E-state index contributed by atoms with van der Waals surface area (Å²) in [5.41, 5.74) is -2.28. The van der Waals surface area contributed by atoms with E-state index in [1.165, 1.54) is 13.8 Å². The zero-order valence-corrected chi connectivity index (χ0v) is 11.9. The molecule has 0 aromatic rings. The van der Waals surface area contributed by atoms with Gasteiger partial charge in [0, 0.05) is 0 Å². The van der Waals surface area contributed by atoms with E-state index < -0.39 is 34.8 Å². The van der Waals surface area contributed by atoms with Crippen LogP contribution < -0.4 is 10.6 Å². The molecule has 112 valence electrons. The summed E-state index contributed by atoms with van der Waals surface area (Å²) in [4.78, 5) is 46.8. The third-order valence-electron chi connectivity index (χ3n) is 3.75. The van der Waals surface area contributed by atoms with E-state index in [4.69, 9.17) is 0 Å². The average Bonchev–Trinajstić information content (AvgIpc) is 2.26. The molecule has 0 saturated carbocycles. The molecule has 0 bridgehead atoms. The molecule has 0 aromatic heterocycles. The molecule has 1 saturated heterocycles. The van der Waals surface area contributed by atoms with Crippen LogP contribution in [-0.4, -0.2) is 52.4 Å². The number of rotatable bonds is 3. The molecule has 4 amide bonds. The third-order valence-corrected chi connectivity index (χ3v) is 3.75. The van der Waals surface area contributed by atoms with Gasteiger partial charge in [-0.1, -0.05) is 0 Å². The first-order chi connectivity index (χ1) is 8.97. The molecule has 1 aliphatic rings. The van der Waals surface area contributed by atoms with E-state index in [0.29, 0.717) is 0 Å². The summed E-state index contributed by atoms with van der Waals surface area (Å²) in [6.45, 7) is 5.66. The predicted octanol–water partition coefficient (Wildman–Crippen LogP) is -0.456. The maximum absolute atomic E-state index is 12.1. The van der Waals surface area contributed by atoms with E-state index in [2.05, 4.69) is 10.6 Å². The summed E-state index contributed by atoms with van der Waals surface area (Å²) in [7, 11) is 0. The molecule has 1 fully saturated rings. The van der Waals surface area contributed by atoms with Gasteiger partial charge in [0.15, 0.2) is 0 Å². The Morgan fingerprint density at radius 1 is 1.15 bits per heavy atom. The first-order valence-electron chi connectivity index (χ1n) is 6.10. The van der Waals surface area contributed by atoms with Gasteiger partial charge in [0.1, 0.15) is 13.1 Å². The summed E-state index contributed by atoms with van der Waals surface area (Å²) in [5.74, 6) is -2.19. The van der Waals surface area contributed by atoms with Gasteiger partial charge >= 0.3 is 12.0 Å². The number of hydrogen-bond donors (Lipinski definition) is 3. The SMILES string of the molecule is CC(C)(NC(=O)N1CC(=O)NC(=O)C1)C(C)(C)C(=O)O. The average molecular weight is 285 g/mol. The minimum atomic E-state index is -1.22. The molecule has 0 radical (unpaired) electrons. The fourth-order valence-electron chi connectivity index (χ4n) is 1.55. The summed E-state index contributed by atoms with van der Waals surface area (Å²) in [5, 5.41) is 13.8. The Morgan fingerprint density at radius 2 is 1.60 bits per heavy atom. The van der Waals surface area contributed by atoms with Gasteiger partial charge in [-0.15, -0.1) is 0 Å². The molecule has 0 aromatic carbocycles. The number of nitrogens with one attached hydrogen (secondary N) is 2. The lowest BCUT2D eigenvalue weighted by atomic mass is 9.74. The first-order valence-corrected chi connectivity index (χ1v) is 6.10. The second-order valence-electron chi connectivity index (χ2n) is 5.81. The fraction of sp³-hybridized carbons (Fsp3) is 0.667. The molecule has 3 N–H and O–H groups in total. The van der Waals surface area contributed by atoms with Crippen molar-refractivity contribution in [2.45, 2.75) is 33.2 Å². The first kappa shape index (κ1) is 15.9. The minimum Gasteiger partial charge on any atom is -0.481 e. The molecule has 1 aliphatic heterocycles. The van der Waals surface area contributed by atoms with E-state index in [1.54, 1.807) is 13.8 Å². The number of carbonyl (C=O) groups is 4. The Labute approximate surface area is 116 Å². The van der Waals surface area contributed by atoms with Crippen molar-refractivity contribution in [1.82, 2.24) is 15.5 Å². The number of carboxylic acid groups (broad SMARTS) is 1. The highest BCUT2D eigenvalue weighted by molar-refractivity contribution is 6.02. The van der Waals surface area contributed by atoms with Crippen LogP contribution in [0.5, 0.6) is 0 Å². The van der Waals surface area contributed by atoms with Crippen molar-refractivity contribution in [2.24, 2.45) is 5.41 Å². The van der Waals surface area contributed by atoms with Crippen molar-refractivity contribution in [2.75, 3.05) is 13.1 Å². The van der Waals surface area contributed by atoms with Gasteiger partial charge in [0.05, 0.1) is 11.0 Å². The lowest BCUT2D eigenvalue weighted by molar-refractivity contribution is -0.151. The molecular formula is C12H19N3O5. The number of carboxylic acids is 1. The van der Waals surface area contributed by atoms with Gasteiger partial charge in [0.2, 0.25) is 11.8 Å². The van der Waals surface area contributed by atoms with Gasteiger partial charge in [0.25, 0.3) is 0 Å². The summed E-state index contributed by atoms with van der Waals surface area (Å²) < 4.78 is 0. The Bertz CT molecular complexity index is 454. The number of piperazine rings is 1. The van der Waals surface area contributed by atoms with Gasteiger partial charge in [-0.05, 0) is 27.7 Å². The number of hydrogen-bond acceptors (Lipinski definition) is 4. The van der Waals surface area contributed by atoms with E-state index in [9.17, 15) is 24.3 Å². The van der Waals surface area contributed by atoms with Crippen LogP contribution >= 0.6 is 0 Å². The zero-order valence-electron chi connectivity index (χ0n) is 11.9. The van der Waals surface area contributed by atoms with Crippen molar-refractivity contribution < 1.29 is 24.3 Å². The molecule has 20 heavy (non-hydrogen) atoms. The second-order valence-corrected chi connectivity index (χ2v) is 5.81. The van der Waals surface area contributed by atoms with Crippen LogP contribution in [0.2, 0.25) is 0 Å². The highest BCUT2D eigenvalue weighted by Gasteiger charge is 2.45. The largest absolute Gasteiger partial charge is 0.481 e. The van der Waals surface area contributed by atoms with Crippen LogP contribution in [0.1, 0.15) is 27.7 Å². The monoisotopic (exact) mass is 285 g/mol. The van der Waals surface area contributed by atoms with E-state index >= 15 is 0 Å². The lowest BCUT2D eigenvalue weighted by Gasteiger charge is -2.40. The molecule has 1 rings (SSSR count). The molecule has 0 aliphatic carbocycles. The zero-order chi connectivity index (χ0) is 15.7. The predicted molar refractivity (Wildman–Crippen MR) is 68.8 cm³/mol. The standard InChI is InChI=1S/C12H19N3O5/c1-11(2,9(18)19)12(3,4)14-10(20)15-5-7(16)13-8(17)6-15/h5-6H2,1-4H3,(H,14,20)(H,18,19)(H,13,16,17). The maximum Gasteiger partial charge on any atom is 0.318 e. The highest BCUT2D eigenvalue weighted by Crippen LogP contribution is 2.30. The summed E-state index contributed by atoms with van der Waals surface area (Å²) in [6.07, 6.45) is 0. The van der Waals surface area contributed by atoms with Crippen LogP contribution in [0.4, 0.5) is 4.79 Å². The Balaban J connectivity index is 2.82. The Kier molecular flexibility index (Phi) is 4.07. The van der Waals surface area contributed by atoms with Crippen LogP contribution in [0, 0.1) is 5.41 Å². The van der Waals surface area contributed by atoms with Gasteiger partial charge in [-0.2, -0.15) is 0 Å². The molecule has 0 atom stereocenters. The Hall–Kier alpha value is -2.12. The van der Waals surface area contributed by atoms with Crippen molar-refractivity contribution >= 4 is 23.8 Å². The van der Waals surface area contributed by atoms with E-state index in [1.807, 2.05) is 0 Å².